The van der Waals surface area contributed by atoms with Gasteiger partial charge in [0.05, 0.1) is 0 Å². The van der Waals surface area contributed by atoms with Crippen LogP contribution in [0.2, 0.25) is 0 Å². The van der Waals surface area contributed by atoms with Gasteiger partial charge in [0.2, 0.25) is 0 Å². The van der Waals surface area contributed by atoms with Gasteiger partial charge in [0, 0.05) is 5.92 Å². The molecule has 2 rings (SSSR count). The van der Waals surface area contributed by atoms with Crippen LogP contribution in [0.4, 0.5) is 0 Å². The fraction of sp³-hybridized carbons (Fsp3) is 0.333. The van der Waals surface area contributed by atoms with Crippen LogP contribution in [0.15, 0.2) is 60.7 Å². The summed E-state index contributed by atoms with van der Waals surface area (Å²) in [5, 5.41) is 20.5. The molecule has 0 aliphatic carbocycles. The molecule has 2 aromatic rings. The molecule has 106 valence electrons. The summed E-state index contributed by atoms with van der Waals surface area (Å²) in [5.74, 6) is -1.93. The summed E-state index contributed by atoms with van der Waals surface area (Å²) in [6.07, 6.45) is 1.87. The lowest BCUT2D eigenvalue weighted by atomic mass is 9.84. The molecule has 0 amide bonds. The number of rotatable bonds is 6. The summed E-state index contributed by atoms with van der Waals surface area (Å²) < 4.78 is 0. The first-order valence-electron chi connectivity index (χ1n) is 7.17. The largest absolute Gasteiger partial charge is 0.365 e. The zero-order valence-corrected chi connectivity index (χ0v) is 11.9. The second-order valence-electron chi connectivity index (χ2n) is 5.22. The smallest absolute Gasteiger partial charge is 0.169 e. The van der Waals surface area contributed by atoms with Crippen molar-refractivity contribution in [3.05, 3.63) is 71.8 Å². The lowest BCUT2D eigenvalue weighted by molar-refractivity contribution is -0.182. The summed E-state index contributed by atoms with van der Waals surface area (Å²) in [4.78, 5) is 0. The third kappa shape index (κ3) is 3.69. The molecular formula is C18H22O2. The van der Waals surface area contributed by atoms with Crippen LogP contribution in [0.25, 0.3) is 0 Å². The van der Waals surface area contributed by atoms with Crippen molar-refractivity contribution in [1.82, 2.24) is 0 Å². The van der Waals surface area contributed by atoms with Gasteiger partial charge >= 0.3 is 0 Å². The summed E-state index contributed by atoms with van der Waals surface area (Å²) in [6.45, 7) is 1.80. The Morgan fingerprint density at radius 1 is 0.900 bits per heavy atom. The van der Waals surface area contributed by atoms with E-state index in [-0.39, 0.29) is 5.92 Å². The number of aryl methyl sites for hydroxylation is 1. The zero-order chi connectivity index (χ0) is 14.4. The van der Waals surface area contributed by atoms with E-state index in [9.17, 15) is 10.2 Å². The number of hydrogen-bond donors (Lipinski definition) is 2. The molecule has 0 unspecified atom stereocenters. The Labute approximate surface area is 120 Å². The maximum absolute atomic E-state index is 10.3. The molecule has 2 nitrogen and oxygen atoms in total. The Morgan fingerprint density at radius 3 is 2.00 bits per heavy atom. The number of hydrogen-bond acceptors (Lipinski definition) is 2. The molecule has 0 heterocycles. The highest BCUT2D eigenvalue weighted by atomic mass is 16.5. The Balaban J connectivity index is 2.16. The zero-order valence-electron chi connectivity index (χ0n) is 11.9. The number of aliphatic hydroxyl groups is 2. The van der Waals surface area contributed by atoms with Crippen molar-refractivity contribution in [3.8, 4) is 0 Å². The van der Waals surface area contributed by atoms with Gasteiger partial charge in [-0.1, -0.05) is 67.6 Å². The van der Waals surface area contributed by atoms with Gasteiger partial charge in [0.1, 0.15) is 0 Å². The summed E-state index contributed by atoms with van der Waals surface area (Å²) in [6, 6.07) is 19.9. The van der Waals surface area contributed by atoms with E-state index in [1.165, 1.54) is 5.56 Å². The molecule has 0 saturated carbocycles. The minimum Gasteiger partial charge on any atom is -0.365 e. The Bertz CT molecular complexity index is 505. The van der Waals surface area contributed by atoms with Gasteiger partial charge in [-0.05, 0) is 30.4 Å². The van der Waals surface area contributed by atoms with E-state index >= 15 is 0 Å². The van der Waals surface area contributed by atoms with Crippen molar-refractivity contribution in [2.24, 2.45) is 0 Å². The first-order valence-corrected chi connectivity index (χ1v) is 7.17. The van der Waals surface area contributed by atoms with Crippen molar-refractivity contribution >= 4 is 0 Å². The number of benzene rings is 2. The van der Waals surface area contributed by atoms with E-state index in [0.29, 0.717) is 6.42 Å². The first kappa shape index (κ1) is 14.8. The van der Waals surface area contributed by atoms with Crippen LogP contribution in [0.1, 0.15) is 36.8 Å². The van der Waals surface area contributed by atoms with Crippen LogP contribution in [0.3, 0.4) is 0 Å². The van der Waals surface area contributed by atoms with E-state index in [0.717, 1.165) is 18.4 Å². The minimum absolute atomic E-state index is 0.270. The predicted octanol–water partition coefficient (Wildman–Crippen LogP) is 3.49. The third-order valence-electron chi connectivity index (χ3n) is 3.84. The van der Waals surface area contributed by atoms with Crippen molar-refractivity contribution in [1.29, 1.82) is 0 Å². The van der Waals surface area contributed by atoms with Crippen LogP contribution in [-0.4, -0.2) is 16.0 Å². The molecule has 2 N–H and O–H groups in total. The van der Waals surface area contributed by atoms with Gasteiger partial charge in [0.25, 0.3) is 0 Å². The van der Waals surface area contributed by atoms with Crippen LogP contribution >= 0.6 is 0 Å². The van der Waals surface area contributed by atoms with E-state index in [1.807, 2.05) is 48.5 Å². The molecule has 0 radical (unpaired) electrons. The van der Waals surface area contributed by atoms with E-state index in [2.05, 4.69) is 12.1 Å². The Hall–Kier alpha value is -1.64. The molecule has 0 fully saturated rings. The van der Waals surface area contributed by atoms with Crippen molar-refractivity contribution < 1.29 is 10.2 Å². The quantitative estimate of drug-likeness (QED) is 0.789. The molecule has 0 bridgehead atoms. The molecular weight excluding hydrogens is 248 g/mol. The normalized spacial score (nSPS) is 13.2. The summed E-state index contributed by atoms with van der Waals surface area (Å²) >= 11 is 0. The fourth-order valence-electron chi connectivity index (χ4n) is 2.55. The average molecular weight is 270 g/mol. The van der Waals surface area contributed by atoms with Crippen LogP contribution in [0, 0.1) is 0 Å². The van der Waals surface area contributed by atoms with Gasteiger partial charge < -0.3 is 10.2 Å². The van der Waals surface area contributed by atoms with Gasteiger partial charge in [-0.25, -0.2) is 0 Å². The van der Waals surface area contributed by atoms with Gasteiger partial charge in [0.15, 0.2) is 5.79 Å². The lowest BCUT2D eigenvalue weighted by Crippen LogP contribution is -2.35. The highest BCUT2D eigenvalue weighted by molar-refractivity contribution is 5.23. The van der Waals surface area contributed by atoms with Crippen LogP contribution in [0.5, 0.6) is 0 Å². The molecule has 0 aliphatic heterocycles. The lowest BCUT2D eigenvalue weighted by Gasteiger charge is -2.31. The molecule has 20 heavy (non-hydrogen) atoms. The second kappa shape index (κ2) is 6.69. The monoisotopic (exact) mass is 270 g/mol. The van der Waals surface area contributed by atoms with Crippen molar-refractivity contribution in [2.75, 3.05) is 0 Å². The molecule has 2 aromatic carbocycles. The van der Waals surface area contributed by atoms with Crippen LogP contribution < -0.4 is 0 Å². The first-order chi connectivity index (χ1) is 9.63. The van der Waals surface area contributed by atoms with E-state index < -0.39 is 5.79 Å². The van der Waals surface area contributed by atoms with Crippen LogP contribution in [-0.2, 0) is 6.42 Å². The molecule has 0 aliphatic rings. The second-order valence-corrected chi connectivity index (χ2v) is 5.22. The van der Waals surface area contributed by atoms with E-state index in [1.54, 1.807) is 6.92 Å². The Kier molecular flexibility index (Phi) is 4.94. The highest BCUT2D eigenvalue weighted by Crippen LogP contribution is 2.33. The highest BCUT2D eigenvalue weighted by Gasteiger charge is 2.33. The summed E-state index contributed by atoms with van der Waals surface area (Å²) in [7, 11) is 0. The topological polar surface area (TPSA) is 40.5 Å². The third-order valence-corrected chi connectivity index (χ3v) is 3.84. The van der Waals surface area contributed by atoms with Crippen molar-refractivity contribution in [3.63, 3.8) is 0 Å². The minimum atomic E-state index is -1.66. The molecule has 1 atom stereocenters. The van der Waals surface area contributed by atoms with Crippen molar-refractivity contribution in [2.45, 2.75) is 37.9 Å². The summed E-state index contributed by atoms with van der Waals surface area (Å²) in [5.41, 5.74) is 2.20. The maximum Gasteiger partial charge on any atom is 0.169 e. The van der Waals surface area contributed by atoms with Gasteiger partial charge in [-0.3, -0.25) is 0 Å². The fourth-order valence-corrected chi connectivity index (χ4v) is 2.55. The molecule has 0 aromatic heterocycles. The maximum atomic E-state index is 10.3. The molecule has 0 spiro atoms. The van der Waals surface area contributed by atoms with Gasteiger partial charge in [-0.15, -0.1) is 0 Å². The molecule has 0 saturated heterocycles. The predicted molar refractivity (Wildman–Crippen MR) is 81.4 cm³/mol. The van der Waals surface area contributed by atoms with Gasteiger partial charge in [-0.2, -0.15) is 0 Å². The Morgan fingerprint density at radius 2 is 1.45 bits per heavy atom. The van der Waals surface area contributed by atoms with E-state index in [4.69, 9.17) is 0 Å². The molecule has 2 heteroatoms. The SMILES string of the molecule is CCC(O)(O)[C@H](CCc1ccccc1)c1ccccc1. The average Bonchev–Trinajstić information content (AvgIpc) is 2.49. The standard InChI is InChI=1S/C18H22O2/c1-2-18(19,20)17(16-11-7-4-8-12-16)14-13-15-9-5-3-6-10-15/h3-12,17,19-20H,2,13-14H2,1H3/t17-/m1/s1.